The molecule has 1 atom stereocenters. The molecule has 0 aromatic rings. The van der Waals surface area contributed by atoms with Crippen LogP contribution in [0.25, 0.3) is 0 Å². The Bertz CT molecular complexity index is 158. The van der Waals surface area contributed by atoms with Crippen LogP contribution in [0.3, 0.4) is 0 Å². The quantitative estimate of drug-likeness (QED) is 0.348. The van der Waals surface area contributed by atoms with E-state index < -0.39 is 8.07 Å². The van der Waals surface area contributed by atoms with Gasteiger partial charge in [0, 0.05) is 5.00 Å². The molecule has 86 valence electrons. The van der Waals surface area contributed by atoms with Gasteiger partial charge in [0.05, 0.1) is 8.07 Å². The van der Waals surface area contributed by atoms with E-state index in [0.717, 1.165) is 0 Å². The lowest BCUT2D eigenvalue weighted by atomic mass is 10.2. The van der Waals surface area contributed by atoms with Crippen molar-refractivity contribution in [2.24, 2.45) is 0 Å². The predicted molar refractivity (Wildman–Crippen MR) is 71.0 cm³/mol. The molecular formula is C12H27ClSi. The zero-order valence-electron chi connectivity index (χ0n) is 10.8. The lowest BCUT2D eigenvalue weighted by Gasteiger charge is -2.40. The molecule has 0 rings (SSSR count). The molecule has 1 unspecified atom stereocenters. The van der Waals surface area contributed by atoms with Gasteiger partial charge in [-0.15, -0.1) is 11.6 Å². The van der Waals surface area contributed by atoms with Gasteiger partial charge in [-0.3, -0.25) is 0 Å². The second-order valence-corrected chi connectivity index (χ2v) is 12.5. The molecule has 0 amide bonds. The molecule has 0 fully saturated rings. The lowest BCUT2D eigenvalue weighted by Crippen LogP contribution is -2.46. The average molecular weight is 235 g/mol. The minimum absolute atomic E-state index is 0.422. The molecule has 0 saturated heterocycles. The topological polar surface area (TPSA) is 0 Å². The van der Waals surface area contributed by atoms with Crippen LogP contribution in [0.15, 0.2) is 0 Å². The normalized spacial score (nSPS) is 15.6. The van der Waals surface area contributed by atoms with Gasteiger partial charge in [-0.25, -0.2) is 0 Å². The maximum absolute atomic E-state index is 6.55. The lowest BCUT2D eigenvalue weighted by molar-refractivity contribution is 0.655. The highest BCUT2D eigenvalue weighted by Gasteiger charge is 2.40. The first-order valence-corrected chi connectivity index (χ1v) is 9.39. The summed E-state index contributed by atoms with van der Waals surface area (Å²) in [5.74, 6) is 0. The highest BCUT2D eigenvalue weighted by molar-refractivity contribution is 6.87. The third-order valence-electron chi connectivity index (χ3n) is 3.78. The van der Waals surface area contributed by atoms with Gasteiger partial charge in [-0.1, -0.05) is 60.1 Å². The van der Waals surface area contributed by atoms with Crippen LogP contribution in [0, 0.1) is 0 Å². The van der Waals surface area contributed by atoms with E-state index in [4.69, 9.17) is 11.6 Å². The molecule has 0 bridgehead atoms. The first kappa shape index (κ1) is 14.5. The second-order valence-electron chi connectivity index (χ2n) is 5.94. The van der Waals surface area contributed by atoms with Crippen molar-refractivity contribution in [1.82, 2.24) is 0 Å². The van der Waals surface area contributed by atoms with Gasteiger partial charge in [0.2, 0.25) is 0 Å². The number of rotatable bonds is 5. The van der Waals surface area contributed by atoms with Crippen molar-refractivity contribution in [3.63, 3.8) is 0 Å². The fourth-order valence-corrected chi connectivity index (χ4v) is 4.41. The smallest absolute Gasteiger partial charge is 0.0731 e. The fourth-order valence-electron chi connectivity index (χ4n) is 1.40. The van der Waals surface area contributed by atoms with E-state index in [1.165, 1.54) is 25.7 Å². The van der Waals surface area contributed by atoms with Gasteiger partial charge in [-0.2, -0.15) is 0 Å². The van der Waals surface area contributed by atoms with E-state index in [1.54, 1.807) is 0 Å². The summed E-state index contributed by atoms with van der Waals surface area (Å²) in [5.41, 5.74) is 0. The fraction of sp³-hybridized carbons (Fsp3) is 1.00. The summed E-state index contributed by atoms with van der Waals surface area (Å²) >= 11 is 6.55. The minimum Gasteiger partial charge on any atom is -0.127 e. The third-order valence-corrected chi connectivity index (χ3v) is 11.4. The van der Waals surface area contributed by atoms with Gasteiger partial charge in [0.15, 0.2) is 0 Å². The van der Waals surface area contributed by atoms with E-state index in [2.05, 4.69) is 40.8 Å². The van der Waals surface area contributed by atoms with Crippen LogP contribution in [0.4, 0.5) is 0 Å². The van der Waals surface area contributed by atoms with Crippen molar-refractivity contribution >= 4 is 19.7 Å². The van der Waals surface area contributed by atoms with E-state index >= 15 is 0 Å². The Kier molecular flexibility index (Phi) is 5.75. The molecule has 0 aromatic heterocycles. The summed E-state index contributed by atoms with van der Waals surface area (Å²) in [6, 6.07) is 0. The van der Waals surface area contributed by atoms with Gasteiger partial charge in [0.25, 0.3) is 0 Å². The number of alkyl halides is 1. The van der Waals surface area contributed by atoms with Crippen molar-refractivity contribution < 1.29 is 0 Å². The Morgan fingerprint density at radius 3 is 2.00 bits per heavy atom. The molecule has 0 heterocycles. The molecule has 0 aromatic carbocycles. The number of hydrogen-bond acceptors (Lipinski definition) is 0. The molecule has 0 radical (unpaired) electrons. The monoisotopic (exact) mass is 234 g/mol. The van der Waals surface area contributed by atoms with Crippen LogP contribution in [0.5, 0.6) is 0 Å². The zero-order valence-corrected chi connectivity index (χ0v) is 12.5. The minimum atomic E-state index is -1.29. The summed E-state index contributed by atoms with van der Waals surface area (Å²) in [6.07, 6.45) is 5.14. The zero-order chi connectivity index (χ0) is 11.4. The van der Waals surface area contributed by atoms with Crippen molar-refractivity contribution in [2.75, 3.05) is 0 Å². The highest BCUT2D eigenvalue weighted by atomic mass is 35.5. The molecule has 2 heteroatoms. The Labute approximate surface area is 96.4 Å². The molecule has 0 spiro atoms. The summed E-state index contributed by atoms with van der Waals surface area (Å²) < 4.78 is 0. The van der Waals surface area contributed by atoms with Crippen molar-refractivity contribution in [2.45, 2.75) is 76.5 Å². The summed E-state index contributed by atoms with van der Waals surface area (Å²) in [6.45, 7) is 14.1. The van der Waals surface area contributed by atoms with Gasteiger partial charge >= 0.3 is 0 Å². The highest BCUT2D eigenvalue weighted by Crippen LogP contribution is 2.41. The molecular weight excluding hydrogens is 208 g/mol. The van der Waals surface area contributed by atoms with Crippen LogP contribution >= 0.6 is 11.6 Å². The number of unbranched alkanes of at least 4 members (excludes halogenated alkanes) is 2. The standard InChI is InChI=1S/C12H27ClSi/c1-7-8-9-10-11(13)14(5,6)12(2,3)4/h11H,7-10H2,1-6H3. The molecule has 0 aliphatic heterocycles. The number of hydrogen-bond donors (Lipinski definition) is 0. The van der Waals surface area contributed by atoms with Crippen LogP contribution in [0.2, 0.25) is 18.1 Å². The van der Waals surface area contributed by atoms with Crippen molar-refractivity contribution in [3.8, 4) is 0 Å². The first-order chi connectivity index (χ1) is 6.23. The van der Waals surface area contributed by atoms with Gasteiger partial charge < -0.3 is 0 Å². The second kappa shape index (κ2) is 5.55. The van der Waals surface area contributed by atoms with E-state index in [9.17, 15) is 0 Å². The van der Waals surface area contributed by atoms with Gasteiger partial charge in [0.1, 0.15) is 0 Å². The average Bonchev–Trinajstić information content (AvgIpc) is 2.02. The van der Waals surface area contributed by atoms with Crippen molar-refractivity contribution in [1.29, 1.82) is 0 Å². The van der Waals surface area contributed by atoms with E-state index in [1.807, 2.05) is 0 Å². The maximum atomic E-state index is 6.55. The molecule has 0 aliphatic rings. The molecule has 14 heavy (non-hydrogen) atoms. The molecule has 0 saturated carbocycles. The summed E-state index contributed by atoms with van der Waals surface area (Å²) in [4.78, 5) is 0. The van der Waals surface area contributed by atoms with Gasteiger partial charge in [-0.05, 0) is 11.5 Å². The summed E-state index contributed by atoms with van der Waals surface area (Å²) in [5, 5.41) is 0.861. The van der Waals surface area contributed by atoms with Crippen LogP contribution in [-0.2, 0) is 0 Å². The Balaban J connectivity index is 4.15. The maximum Gasteiger partial charge on any atom is 0.0731 e. The largest absolute Gasteiger partial charge is 0.127 e. The Morgan fingerprint density at radius 1 is 1.14 bits per heavy atom. The van der Waals surface area contributed by atoms with E-state index in [0.29, 0.717) is 10.0 Å². The SMILES string of the molecule is CCCCCC(Cl)[Si](C)(C)C(C)(C)C. The molecule has 0 N–H and O–H groups in total. The Morgan fingerprint density at radius 2 is 1.64 bits per heavy atom. The van der Waals surface area contributed by atoms with E-state index in [-0.39, 0.29) is 0 Å². The predicted octanol–water partition coefficient (Wildman–Crippen LogP) is 5.22. The Hall–Kier alpha value is 0.507. The van der Waals surface area contributed by atoms with Crippen LogP contribution in [0.1, 0.15) is 53.4 Å². The molecule has 0 aliphatic carbocycles. The number of halogens is 1. The first-order valence-electron chi connectivity index (χ1n) is 5.87. The van der Waals surface area contributed by atoms with Crippen LogP contribution < -0.4 is 0 Å². The van der Waals surface area contributed by atoms with Crippen molar-refractivity contribution in [3.05, 3.63) is 0 Å². The molecule has 0 nitrogen and oxygen atoms in total. The summed E-state index contributed by atoms with van der Waals surface area (Å²) in [7, 11) is -1.29. The third kappa shape index (κ3) is 3.94. The van der Waals surface area contributed by atoms with Crippen LogP contribution in [-0.4, -0.2) is 13.1 Å².